The smallest absolute Gasteiger partial charge is 0.282 e. The monoisotopic (exact) mass is 227 g/mol. The third kappa shape index (κ3) is 2.26. The predicted molar refractivity (Wildman–Crippen MR) is 54.3 cm³/mol. The number of rotatable bonds is 3. The van der Waals surface area contributed by atoms with Gasteiger partial charge in [0.15, 0.2) is 0 Å². The highest BCUT2D eigenvalue weighted by molar-refractivity contribution is 5.76. The number of halogens is 2. The summed E-state index contributed by atoms with van der Waals surface area (Å²) in [6, 6.07) is 3.25. The fourth-order valence-corrected chi connectivity index (χ4v) is 1.63. The Morgan fingerprint density at radius 3 is 2.81 bits per heavy atom. The van der Waals surface area contributed by atoms with Gasteiger partial charge >= 0.3 is 0 Å². The molecule has 1 aromatic heterocycles. The van der Waals surface area contributed by atoms with Gasteiger partial charge in [0.2, 0.25) is 5.91 Å². The number of hydrogen-bond donors (Lipinski definition) is 1. The van der Waals surface area contributed by atoms with E-state index in [1.54, 1.807) is 12.1 Å². The average Bonchev–Trinajstić information content (AvgIpc) is 2.13. The zero-order chi connectivity index (χ0) is 11.8. The second kappa shape index (κ2) is 3.70. The molecule has 1 amide bonds. The number of carbonyl (C=O) groups excluding carboxylic acids is 1. The highest BCUT2D eigenvalue weighted by Gasteiger charge is 2.43. The summed E-state index contributed by atoms with van der Waals surface area (Å²) in [5, 5.41) is 0. The summed E-state index contributed by atoms with van der Waals surface area (Å²) < 4.78 is 25.3. The van der Waals surface area contributed by atoms with Gasteiger partial charge in [0.1, 0.15) is 0 Å². The van der Waals surface area contributed by atoms with Crippen LogP contribution in [0.3, 0.4) is 0 Å². The average molecular weight is 227 g/mol. The summed E-state index contributed by atoms with van der Waals surface area (Å²) in [5.74, 6) is -3.09. The molecule has 6 heteroatoms. The van der Waals surface area contributed by atoms with Crippen molar-refractivity contribution in [2.75, 3.05) is 18.0 Å². The van der Waals surface area contributed by atoms with E-state index in [0.29, 0.717) is 11.4 Å². The molecule has 1 aliphatic heterocycles. The number of anilines is 1. The van der Waals surface area contributed by atoms with Gasteiger partial charge in [-0.2, -0.15) is 0 Å². The fraction of sp³-hybridized carbons (Fsp3) is 0.400. The number of nitrogens with two attached hydrogens (primary N) is 1. The van der Waals surface area contributed by atoms with Crippen LogP contribution >= 0.6 is 0 Å². The number of amides is 1. The summed E-state index contributed by atoms with van der Waals surface area (Å²) >= 11 is 0. The molecule has 2 heterocycles. The molecule has 0 atom stereocenters. The Kier molecular flexibility index (Phi) is 2.49. The minimum atomic E-state index is -2.60. The van der Waals surface area contributed by atoms with E-state index in [0.717, 1.165) is 0 Å². The van der Waals surface area contributed by atoms with E-state index in [2.05, 4.69) is 4.98 Å². The topological polar surface area (TPSA) is 59.2 Å². The number of nitrogens with zero attached hydrogens (tertiary/aromatic N) is 2. The molecular formula is C10H11F2N3O. The van der Waals surface area contributed by atoms with Crippen molar-refractivity contribution in [2.45, 2.75) is 12.3 Å². The summed E-state index contributed by atoms with van der Waals surface area (Å²) in [7, 11) is 0. The number of carbonyl (C=O) groups is 1. The largest absolute Gasteiger partial charge is 0.369 e. The molecule has 1 aromatic rings. The van der Waals surface area contributed by atoms with Crippen LogP contribution in [0.15, 0.2) is 18.3 Å². The van der Waals surface area contributed by atoms with Crippen molar-refractivity contribution in [2.24, 2.45) is 5.73 Å². The Hall–Kier alpha value is -1.72. The van der Waals surface area contributed by atoms with Crippen molar-refractivity contribution in [3.05, 3.63) is 24.0 Å². The predicted octanol–water partition coefficient (Wildman–Crippen LogP) is 0.565. The van der Waals surface area contributed by atoms with Gasteiger partial charge in [0, 0.05) is 11.9 Å². The van der Waals surface area contributed by atoms with Crippen LogP contribution in [0.25, 0.3) is 0 Å². The molecule has 2 rings (SSSR count). The van der Waals surface area contributed by atoms with E-state index in [-0.39, 0.29) is 19.5 Å². The zero-order valence-corrected chi connectivity index (χ0v) is 8.49. The van der Waals surface area contributed by atoms with Crippen molar-refractivity contribution < 1.29 is 13.6 Å². The third-order valence-corrected chi connectivity index (χ3v) is 2.37. The Morgan fingerprint density at radius 2 is 2.25 bits per heavy atom. The van der Waals surface area contributed by atoms with Crippen LogP contribution in [0, 0.1) is 0 Å². The first kappa shape index (κ1) is 10.8. The summed E-state index contributed by atoms with van der Waals surface area (Å²) in [5.41, 5.74) is 6.18. The lowest BCUT2D eigenvalue weighted by molar-refractivity contribution is -0.117. The Balaban J connectivity index is 2.08. The van der Waals surface area contributed by atoms with Crippen LogP contribution in [0.1, 0.15) is 5.69 Å². The molecule has 0 spiro atoms. The second-order valence-electron chi connectivity index (χ2n) is 3.86. The van der Waals surface area contributed by atoms with E-state index >= 15 is 0 Å². The number of primary amides is 1. The van der Waals surface area contributed by atoms with Gasteiger partial charge in [0.05, 0.1) is 25.2 Å². The number of hydrogen-bond acceptors (Lipinski definition) is 3. The van der Waals surface area contributed by atoms with Crippen molar-refractivity contribution in [3.63, 3.8) is 0 Å². The Labute approximate surface area is 91.1 Å². The molecule has 0 saturated carbocycles. The van der Waals surface area contributed by atoms with E-state index in [1.165, 1.54) is 11.1 Å². The van der Waals surface area contributed by atoms with Crippen LogP contribution in [-0.2, 0) is 11.2 Å². The first-order chi connectivity index (χ1) is 7.46. The molecule has 0 unspecified atom stereocenters. The van der Waals surface area contributed by atoms with E-state index in [1.807, 2.05) is 0 Å². The van der Waals surface area contributed by atoms with E-state index in [9.17, 15) is 13.6 Å². The number of pyridine rings is 1. The van der Waals surface area contributed by atoms with Gasteiger partial charge in [-0.1, -0.05) is 0 Å². The summed E-state index contributed by atoms with van der Waals surface area (Å²) in [6.45, 7) is -0.569. The molecule has 16 heavy (non-hydrogen) atoms. The van der Waals surface area contributed by atoms with Gasteiger partial charge < -0.3 is 10.6 Å². The molecule has 1 aliphatic rings. The van der Waals surface area contributed by atoms with Crippen LogP contribution in [-0.4, -0.2) is 29.9 Å². The van der Waals surface area contributed by atoms with Gasteiger partial charge in [-0.05, 0) is 12.1 Å². The highest BCUT2D eigenvalue weighted by atomic mass is 19.3. The molecule has 86 valence electrons. The molecule has 4 nitrogen and oxygen atoms in total. The zero-order valence-electron chi connectivity index (χ0n) is 8.49. The fourth-order valence-electron chi connectivity index (χ4n) is 1.63. The normalized spacial score (nSPS) is 18.0. The SMILES string of the molecule is NC(=O)Cc1cc(N2CC(F)(F)C2)ccn1. The van der Waals surface area contributed by atoms with Crippen LogP contribution < -0.4 is 10.6 Å². The highest BCUT2D eigenvalue weighted by Crippen LogP contribution is 2.31. The lowest BCUT2D eigenvalue weighted by atomic mass is 10.1. The summed E-state index contributed by atoms with van der Waals surface area (Å²) in [6.07, 6.45) is 1.52. The maximum atomic E-state index is 12.7. The molecule has 2 N–H and O–H groups in total. The van der Waals surface area contributed by atoms with Crippen molar-refractivity contribution >= 4 is 11.6 Å². The minimum Gasteiger partial charge on any atom is -0.369 e. The maximum Gasteiger partial charge on any atom is 0.282 e. The lowest BCUT2D eigenvalue weighted by Crippen LogP contribution is -2.56. The second-order valence-corrected chi connectivity index (χ2v) is 3.86. The third-order valence-electron chi connectivity index (χ3n) is 2.37. The van der Waals surface area contributed by atoms with Gasteiger partial charge in [0.25, 0.3) is 5.92 Å². The van der Waals surface area contributed by atoms with E-state index < -0.39 is 11.8 Å². The summed E-state index contributed by atoms with van der Waals surface area (Å²) in [4.78, 5) is 16.2. The first-order valence-electron chi connectivity index (χ1n) is 4.82. The van der Waals surface area contributed by atoms with Gasteiger partial charge in [-0.3, -0.25) is 9.78 Å². The standard InChI is InChI=1S/C10H11F2N3O/c11-10(12)5-15(6-10)8-1-2-14-7(3-8)4-9(13)16/h1-3H,4-6H2,(H2,13,16). The maximum absolute atomic E-state index is 12.7. The quantitative estimate of drug-likeness (QED) is 0.821. The first-order valence-corrected chi connectivity index (χ1v) is 4.82. The van der Waals surface area contributed by atoms with Crippen molar-refractivity contribution in [1.82, 2.24) is 4.98 Å². The van der Waals surface area contributed by atoms with Crippen molar-refractivity contribution in [3.8, 4) is 0 Å². The van der Waals surface area contributed by atoms with Gasteiger partial charge in [-0.15, -0.1) is 0 Å². The van der Waals surface area contributed by atoms with Crippen LogP contribution in [0.2, 0.25) is 0 Å². The Morgan fingerprint density at radius 1 is 1.56 bits per heavy atom. The van der Waals surface area contributed by atoms with E-state index in [4.69, 9.17) is 5.73 Å². The molecule has 0 aromatic carbocycles. The van der Waals surface area contributed by atoms with Crippen LogP contribution in [0.4, 0.5) is 14.5 Å². The number of aromatic nitrogens is 1. The molecule has 0 radical (unpaired) electrons. The van der Waals surface area contributed by atoms with Gasteiger partial charge in [-0.25, -0.2) is 8.78 Å². The number of alkyl halides is 2. The Bertz CT molecular complexity index is 414. The molecule has 0 bridgehead atoms. The lowest BCUT2D eigenvalue weighted by Gasteiger charge is -2.40. The molecular weight excluding hydrogens is 216 g/mol. The molecule has 1 saturated heterocycles. The van der Waals surface area contributed by atoms with Crippen molar-refractivity contribution in [1.29, 1.82) is 0 Å². The minimum absolute atomic E-state index is 0.0259. The molecule has 0 aliphatic carbocycles. The molecule has 1 fully saturated rings. The van der Waals surface area contributed by atoms with Crippen LogP contribution in [0.5, 0.6) is 0 Å².